The molecule has 3 fully saturated rings. The molecule has 1 aliphatic heterocycles. The van der Waals surface area contributed by atoms with Gasteiger partial charge in [0.15, 0.2) is 0 Å². The summed E-state index contributed by atoms with van der Waals surface area (Å²) in [6.07, 6.45) is 10.6. The largest absolute Gasteiger partial charge is 0.355 e. The van der Waals surface area contributed by atoms with Crippen LogP contribution in [0.2, 0.25) is 0 Å². The molecule has 27 heavy (non-hydrogen) atoms. The molecule has 1 saturated heterocycles. The summed E-state index contributed by atoms with van der Waals surface area (Å²) < 4.78 is 14.4. The fraction of sp³-hybridized carbons (Fsp3) is 0.682. The van der Waals surface area contributed by atoms with Crippen molar-refractivity contribution in [3.63, 3.8) is 0 Å². The maximum absolute atomic E-state index is 14.4. The standard InChI is InChI=1S/C22H32FN3O/c23-18-9-3-2-8-17(18)22(13-5-6-14-22)15-24-21(27)12-11-20-16-7-1-4-10-19(16)25-26-20/h2-3,8-9,16,19-20,25-26H,1,4-7,10-15H2,(H,24,27). The minimum Gasteiger partial charge on any atom is -0.355 e. The van der Waals surface area contributed by atoms with Crippen LogP contribution in [0.25, 0.3) is 0 Å². The summed E-state index contributed by atoms with van der Waals surface area (Å²) in [7, 11) is 0. The van der Waals surface area contributed by atoms with Gasteiger partial charge in [-0.15, -0.1) is 0 Å². The van der Waals surface area contributed by atoms with Crippen molar-refractivity contribution < 1.29 is 9.18 Å². The summed E-state index contributed by atoms with van der Waals surface area (Å²) in [6.45, 7) is 0.551. The van der Waals surface area contributed by atoms with Gasteiger partial charge in [-0.3, -0.25) is 15.6 Å². The molecule has 3 N–H and O–H groups in total. The summed E-state index contributed by atoms with van der Waals surface area (Å²) in [6, 6.07) is 8.05. The van der Waals surface area contributed by atoms with Gasteiger partial charge in [0.05, 0.1) is 0 Å². The number of hydrazine groups is 1. The summed E-state index contributed by atoms with van der Waals surface area (Å²) in [5, 5.41) is 3.13. The van der Waals surface area contributed by atoms with E-state index in [2.05, 4.69) is 16.2 Å². The topological polar surface area (TPSA) is 53.2 Å². The lowest BCUT2D eigenvalue weighted by Gasteiger charge is -2.30. The molecule has 1 aromatic rings. The fourth-order valence-electron chi connectivity index (χ4n) is 5.55. The Morgan fingerprint density at radius 3 is 2.70 bits per heavy atom. The van der Waals surface area contributed by atoms with Crippen LogP contribution in [-0.2, 0) is 10.2 Å². The van der Waals surface area contributed by atoms with E-state index in [0.717, 1.165) is 37.7 Å². The average Bonchev–Trinajstić information content (AvgIpc) is 3.33. The second-order valence-electron chi connectivity index (χ2n) is 8.73. The molecule has 1 amide bonds. The van der Waals surface area contributed by atoms with E-state index < -0.39 is 0 Å². The molecule has 0 bridgehead atoms. The summed E-state index contributed by atoms with van der Waals surface area (Å²) in [5.74, 6) is 0.614. The van der Waals surface area contributed by atoms with Crippen LogP contribution in [-0.4, -0.2) is 24.5 Å². The highest BCUT2D eigenvalue weighted by molar-refractivity contribution is 5.76. The van der Waals surface area contributed by atoms with E-state index in [4.69, 9.17) is 0 Å². The Kier molecular flexibility index (Phi) is 5.79. The van der Waals surface area contributed by atoms with Crippen LogP contribution < -0.4 is 16.2 Å². The van der Waals surface area contributed by atoms with Crippen LogP contribution in [0.5, 0.6) is 0 Å². The molecule has 4 nitrogen and oxygen atoms in total. The van der Waals surface area contributed by atoms with Crippen molar-refractivity contribution in [2.24, 2.45) is 5.92 Å². The third-order valence-corrected chi connectivity index (χ3v) is 7.10. The Morgan fingerprint density at radius 1 is 1.11 bits per heavy atom. The number of rotatable bonds is 6. The van der Waals surface area contributed by atoms with Crippen molar-refractivity contribution in [1.29, 1.82) is 0 Å². The molecular weight excluding hydrogens is 341 g/mol. The van der Waals surface area contributed by atoms with Gasteiger partial charge in [-0.25, -0.2) is 4.39 Å². The van der Waals surface area contributed by atoms with Crippen molar-refractivity contribution >= 4 is 5.91 Å². The molecular formula is C22H32FN3O. The van der Waals surface area contributed by atoms with Crippen LogP contribution in [0, 0.1) is 11.7 Å². The zero-order valence-electron chi connectivity index (χ0n) is 16.1. The van der Waals surface area contributed by atoms with Crippen molar-refractivity contribution in [3.05, 3.63) is 35.6 Å². The van der Waals surface area contributed by atoms with Gasteiger partial charge in [0.25, 0.3) is 0 Å². The fourth-order valence-corrected chi connectivity index (χ4v) is 5.55. The molecule has 3 unspecified atom stereocenters. The molecule has 148 valence electrons. The normalized spacial score (nSPS) is 29.4. The highest BCUT2D eigenvalue weighted by Crippen LogP contribution is 2.41. The number of nitrogens with one attached hydrogen (secondary N) is 3. The van der Waals surface area contributed by atoms with Crippen LogP contribution in [0.3, 0.4) is 0 Å². The van der Waals surface area contributed by atoms with Gasteiger partial charge in [0, 0.05) is 30.5 Å². The number of hydrogen-bond acceptors (Lipinski definition) is 3. The van der Waals surface area contributed by atoms with E-state index in [1.807, 2.05) is 12.1 Å². The summed E-state index contributed by atoms with van der Waals surface area (Å²) in [5.41, 5.74) is 7.37. The van der Waals surface area contributed by atoms with E-state index in [1.54, 1.807) is 6.07 Å². The summed E-state index contributed by atoms with van der Waals surface area (Å²) in [4.78, 5) is 12.5. The zero-order chi connectivity index (χ0) is 18.7. The minimum atomic E-state index is -0.233. The first kappa shape index (κ1) is 18.9. The van der Waals surface area contributed by atoms with Crippen LogP contribution in [0.1, 0.15) is 69.8 Å². The van der Waals surface area contributed by atoms with Gasteiger partial charge >= 0.3 is 0 Å². The smallest absolute Gasteiger partial charge is 0.220 e. The lowest BCUT2D eigenvalue weighted by molar-refractivity contribution is -0.121. The first-order valence-electron chi connectivity index (χ1n) is 10.7. The monoisotopic (exact) mass is 373 g/mol. The average molecular weight is 374 g/mol. The SMILES string of the molecule is O=C(CCC1NNC2CCCCC21)NCC1(c2ccccc2F)CCCC1. The second kappa shape index (κ2) is 8.27. The first-order valence-corrected chi connectivity index (χ1v) is 10.7. The lowest BCUT2D eigenvalue weighted by atomic mass is 9.78. The van der Waals surface area contributed by atoms with E-state index >= 15 is 0 Å². The van der Waals surface area contributed by atoms with Crippen molar-refractivity contribution in [1.82, 2.24) is 16.2 Å². The number of carbonyl (C=O) groups is 1. The highest BCUT2D eigenvalue weighted by atomic mass is 19.1. The van der Waals surface area contributed by atoms with Crippen LogP contribution in [0.15, 0.2) is 24.3 Å². The maximum atomic E-state index is 14.4. The molecule has 4 rings (SSSR count). The van der Waals surface area contributed by atoms with Crippen molar-refractivity contribution in [3.8, 4) is 0 Å². The summed E-state index contributed by atoms with van der Waals surface area (Å²) >= 11 is 0. The maximum Gasteiger partial charge on any atom is 0.220 e. The Morgan fingerprint density at radius 2 is 1.89 bits per heavy atom. The van der Waals surface area contributed by atoms with E-state index in [1.165, 1.54) is 31.7 Å². The molecule has 3 aliphatic rings. The zero-order valence-corrected chi connectivity index (χ0v) is 16.1. The highest BCUT2D eigenvalue weighted by Gasteiger charge is 2.39. The molecule has 2 aliphatic carbocycles. The Hall–Kier alpha value is -1.46. The van der Waals surface area contributed by atoms with Crippen LogP contribution >= 0.6 is 0 Å². The predicted molar refractivity (Wildman–Crippen MR) is 105 cm³/mol. The number of hydrogen-bond donors (Lipinski definition) is 3. The molecule has 1 heterocycles. The van der Waals surface area contributed by atoms with Crippen molar-refractivity contribution in [2.45, 2.75) is 81.7 Å². The number of amides is 1. The molecule has 1 aromatic carbocycles. The molecule has 0 spiro atoms. The number of fused-ring (bicyclic) bond motifs is 1. The third kappa shape index (κ3) is 4.04. The van der Waals surface area contributed by atoms with E-state index in [0.29, 0.717) is 31.0 Å². The molecule has 3 atom stereocenters. The van der Waals surface area contributed by atoms with Gasteiger partial charge in [0.1, 0.15) is 5.82 Å². The molecule has 2 saturated carbocycles. The predicted octanol–water partition coefficient (Wildman–Crippen LogP) is 3.57. The second-order valence-corrected chi connectivity index (χ2v) is 8.73. The Balaban J connectivity index is 1.31. The Bertz CT molecular complexity index is 659. The minimum absolute atomic E-state index is 0.0960. The van der Waals surface area contributed by atoms with Gasteiger partial charge in [-0.05, 0) is 49.7 Å². The lowest BCUT2D eigenvalue weighted by Crippen LogP contribution is -2.40. The molecule has 0 aromatic heterocycles. The van der Waals surface area contributed by atoms with Gasteiger partial charge in [-0.2, -0.15) is 0 Å². The van der Waals surface area contributed by atoms with Gasteiger partial charge < -0.3 is 5.32 Å². The van der Waals surface area contributed by atoms with Gasteiger partial charge in [-0.1, -0.05) is 43.9 Å². The third-order valence-electron chi connectivity index (χ3n) is 7.10. The Labute approximate surface area is 161 Å². The number of carbonyl (C=O) groups excluding carboxylic acids is 1. The quantitative estimate of drug-likeness (QED) is 0.715. The van der Waals surface area contributed by atoms with E-state index in [9.17, 15) is 9.18 Å². The number of halogens is 1. The van der Waals surface area contributed by atoms with E-state index in [-0.39, 0.29) is 17.1 Å². The number of benzene rings is 1. The van der Waals surface area contributed by atoms with Crippen molar-refractivity contribution in [2.75, 3.05) is 6.54 Å². The van der Waals surface area contributed by atoms with Gasteiger partial charge in [0.2, 0.25) is 5.91 Å². The van der Waals surface area contributed by atoms with Crippen LogP contribution in [0.4, 0.5) is 4.39 Å². The molecule has 5 heteroatoms. The first-order chi connectivity index (χ1) is 13.2. The molecule has 0 radical (unpaired) electrons.